The third-order valence-corrected chi connectivity index (χ3v) is 6.72. The summed E-state index contributed by atoms with van der Waals surface area (Å²) in [5.74, 6) is 0.589. The summed E-state index contributed by atoms with van der Waals surface area (Å²) in [7, 11) is 0. The second kappa shape index (κ2) is 16.8. The lowest BCUT2D eigenvalue weighted by Gasteiger charge is -2.09. The summed E-state index contributed by atoms with van der Waals surface area (Å²) >= 11 is 0. The molecule has 0 fully saturated rings. The van der Waals surface area contributed by atoms with E-state index in [0.29, 0.717) is 6.61 Å². The van der Waals surface area contributed by atoms with Crippen molar-refractivity contribution >= 4 is 0 Å². The van der Waals surface area contributed by atoms with Crippen molar-refractivity contribution in [1.82, 2.24) is 4.98 Å². The topological polar surface area (TPSA) is 31.4 Å². The first-order chi connectivity index (χ1) is 18.2. The smallest absolute Gasteiger partial charge is 0.250 e. The van der Waals surface area contributed by atoms with Crippen molar-refractivity contribution in [3.05, 3.63) is 66.6 Å². The van der Waals surface area contributed by atoms with Crippen LogP contribution in [-0.2, 0) is 0 Å². The number of pyridine rings is 1. The van der Waals surface area contributed by atoms with Crippen LogP contribution in [0.15, 0.2) is 60.8 Å². The van der Waals surface area contributed by atoms with Crippen LogP contribution in [0.4, 0.5) is 4.39 Å². The van der Waals surface area contributed by atoms with Gasteiger partial charge in [0.1, 0.15) is 5.75 Å². The first kappa shape index (κ1) is 28.7. The molecule has 2 aromatic carbocycles. The highest BCUT2D eigenvalue weighted by molar-refractivity contribution is 5.70. The molecule has 4 heteroatoms. The maximum atomic E-state index is 14.6. The summed E-state index contributed by atoms with van der Waals surface area (Å²) < 4.78 is 26.0. The first-order valence-electron chi connectivity index (χ1n) is 14.3. The Bertz CT molecular complexity index is 1020. The van der Waals surface area contributed by atoms with Gasteiger partial charge in [-0.2, -0.15) is 0 Å². The van der Waals surface area contributed by atoms with Crippen molar-refractivity contribution < 1.29 is 13.9 Å². The van der Waals surface area contributed by atoms with E-state index in [2.05, 4.69) is 43.1 Å². The Balaban J connectivity index is 1.46. The van der Waals surface area contributed by atoms with Gasteiger partial charge in [-0.15, -0.1) is 0 Å². The third kappa shape index (κ3) is 10.2. The van der Waals surface area contributed by atoms with Gasteiger partial charge in [-0.1, -0.05) is 114 Å². The Morgan fingerprint density at radius 3 is 1.57 bits per heavy atom. The largest absolute Gasteiger partial charge is 0.494 e. The maximum absolute atomic E-state index is 14.6. The molecule has 0 N–H and O–H groups in total. The fourth-order valence-corrected chi connectivity index (χ4v) is 4.41. The van der Waals surface area contributed by atoms with Crippen molar-refractivity contribution in [2.24, 2.45) is 0 Å². The molecule has 0 aliphatic carbocycles. The number of unbranched alkanes of at least 4 members (excludes halogenated alkanes) is 10. The summed E-state index contributed by atoms with van der Waals surface area (Å²) in [6.45, 7) is 5.73. The van der Waals surface area contributed by atoms with Crippen LogP contribution in [0.3, 0.4) is 0 Å². The number of hydrogen-bond acceptors (Lipinski definition) is 3. The van der Waals surface area contributed by atoms with E-state index < -0.39 is 5.82 Å². The number of ether oxygens (including phenoxy) is 2. The molecular weight excluding hydrogens is 461 g/mol. The molecule has 0 atom stereocenters. The number of benzene rings is 2. The van der Waals surface area contributed by atoms with Crippen LogP contribution in [0.25, 0.3) is 22.3 Å². The second-order valence-electron chi connectivity index (χ2n) is 9.85. The number of rotatable bonds is 18. The summed E-state index contributed by atoms with van der Waals surface area (Å²) in [5, 5.41) is 0. The van der Waals surface area contributed by atoms with Crippen molar-refractivity contribution in [3.63, 3.8) is 0 Å². The molecule has 3 aromatic rings. The highest BCUT2D eigenvalue weighted by atomic mass is 19.1. The van der Waals surface area contributed by atoms with Gasteiger partial charge in [0.15, 0.2) is 5.82 Å². The van der Waals surface area contributed by atoms with Crippen LogP contribution >= 0.6 is 0 Å². The van der Waals surface area contributed by atoms with E-state index in [0.717, 1.165) is 53.9 Å². The molecular formula is C33H44FNO2. The predicted octanol–water partition coefficient (Wildman–Crippen LogP) is 10.0. The molecule has 0 unspecified atom stereocenters. The number of aromatic nitrogens is 1. The van der Waals surface area contributed by atoms with Gasteiger partial charge in [-0.25, -0.2) is 9.37 Å². The van der Waals surface area contributed by atoms with Gasteiger partial charge in [0.05, 0.1) is 13.2 Å². The van der Waals surface area contributed by atoms with Gasteiger partial charge in [-0.3, -0.25) is 0 Å². The van der Waals surface area contributed by atoms with Crippen LogP contribution in [0.1, 0.15) is 90.9 Å². The standard InChI is InChI=1S/C33H44FNO2/c1-3-5-7-9-11-13-23-36-31-21-19-28(20-22-31)27-15-17-29(18-16-27)30-25-32(34)33(35-26-30)37-24-14-12-10-8-6-4-2/h15-22,25-26H,3-14,23-24H2,1-2H3. The lowest BCUT2D eigenvalue weighted by atomic mass is 10.0. The molecule has 0 spiro atoms. The van der Waals surface area contributed by atoms with Crippen LogP contribution in [0.5, 0.6) is 11.6 Å². The molecule has 3 rings (SSSR count). The quantitative estimate of drug-likeness (QED) is 0.161. The summed E-state index contributed by atoms with van der Waals surface area (Å²) in [4.78, 5) is 4.23. The Hall–Kier alpha value is -2.88. The SMILES string of the molecule is CCCCCCCCOc1ccc(-c2ccc(-c3cnc(OCCCCCCCC)c(F)c3)cc2)cc1. The maximum Gasteiger partial charge on any atom is 0.250 e. The average Bonchev–Trinajstić information content (AvgIpc) is 2.93. The van der Waals surface area contributed by atoms with E-state index in [4.69, 9.17) is 9.47 Å². The molecule has 0 bridgehead atoms. The normalized spacial score (nSPS) is 11.0. The summed E-state index contributed by atoms with van der Waals surface area (Å²) in [6.07, 6.45) is 16.3. The van der Waals surface area contributed by atoms with E-state index in [1.807, 2.05) is 24.3 Å². The van der Waals surface area contributed by atoms with Gasteiger partial charge in [0.25, 0.3) is 0 Å². The molecule has 0 saturated heterocycles. The minimum Gasteiger partial charge on any atom is -0.494 e. The first-order valence-corrected chi connectivity index (χ1v) is 14.3. The average molecular weight is 506 g/mol. The van der Waals surface area contributed by atoms with Crippen LogP contribution < -0.4 is 9.47 Å². The molecule has 0 amide bonds. The Labute approximate surface area is 223 Å². The van der Waals surface area contributed by atoms with Gasteiger partial charge >= 0.3 is 0 Å². The van der Waals surface area contributed by atoms with Crippen molar-refractivity contribution in [1.29, 1.82) is 0 Å². The fraction of sp³-hybridized carbons (Fsp3) is 0.485. The lowest BCUT2D eigenvalue weighted by Crippen LogP contribution is -2.01. The van der Waals surface area contributed by atoms with Gasteiger partial charge in [0, 0.05) is 11.8 Å². The van der Waals surface area contributed by atoms with E-state index in [1.54, 1.807) is 6.20 Å². The fourth-order valence-electron chi connectivity index (χ4n) is 4.41. The van der Waals surface area contributed by atoms with E-state index in [1.165, 1.54) is 63.9 Å². The molecule has 200 valence electrons. The van der Waals surface area contributed by atoms with Crippen LogP contribution in [0.2, 0.25) is 0 Å². The molecule has 0 aliphatic heterocycles. The Kier molecular flexibility index (Phi) is 13.0. The van der Waals surface area contributed by atoms with Crippen molar-refractivity contribution in [3.8, 4) is 33.9 Å². The number of hydrogen-bond donors (Lipinski definition) is 0. The Morgan fingerprint density at radius 2 is 1.03 bits per heavy atom. The zero-order valence-electron chi connectivity index (χ0n) is 22.8. The van der Waals surface area contributed by atoms with Gasteiger partial charge in [0.2, 0.25) is 5.88 Å². The molecule has 1 aromatic heterocycles. The molecule has 1 heterocycles. The molecule has 0 radical (unpaired) electrons. The number of nitrogens with zero attached hydrogens (tertiary/aromatic N) is 1. The predicted molar refractivity (Wildman–Crippen MR) is 153 cm³/mol. The monoisotopic (exact) mass is 505 g/mol. The minimum atomic E-state index is -0.413. The third-order valence-electron chi connectivity index (χ3n) is 6.72. The zero-order chi connectivity index (χ0) is 26.1. The van der Waals surface area contributed by atoms with E-state index >= 15 is 0 Å². The van der Waals surface area contributed by atoms with Gasteiger partial charge in [-0.05, 0) is 47.7 Å². The second-order valence-corrected chi connectivity index (χ2v) is 9.85. The Morgan fingerprint density at radius 1 is 0.568 bits per heavy atom. The molecule has 37 heavy (non-hydrogen) atoms. The van der Waals surface area contributed by atoms with Crippen molar-refractivity contribution in [2.75, 3.05) is 13.2 Å². The van der Waals surface area contributed by atoms with E-state index in [9.17, 15) is 4.39 Å². The molecule has 3 nitrogen and oxygen atoms in total. The van der Waals surface area contributed by atoms with Gasteiger partial charge < -0.3 is 9.47 Å². The molecule has 0 saturated carbocycles. The summed E-state index contributed by atoms with van der Waals surface area (Å²) in [5.41, 5.74) is 3.91. The zero-order valence-corrected chi connectivity index (χ0v) is 22.8. The van der Waals surface area contributed by atoms with Crippen LogP contribution in [0, 0.1) is 5.82 Å². The minimum absolute atomic E-state index is 0.0905. The highest BCUT2D eigenvalue weighted by Crippen LogP contribution is 2.28. The summed E-state index contributed by atoms with van der Waals surface area (Å²) in [6, 6.07) is 17.9. The van der Waals surface area contributed by atoms with Crippen LogP contribution in [-0.4, -0.2) is 18.2 Å². The molecule has 0 aliphatic rings. The highest BCUT2D eigenvalue weighted by Gasteiger charge is 2.09. The van der Waals surface area contributed by atoms with E-state index in [-0.39, 0.29) is 5.88 Å². The number of halogens is 1. The van der Waals surface area contributed by atoms with Crippen molar-refractivity contribution in [2.45, 2.75) is 90.9 Å². The lowest BCUT2D eigenvalue weighted by molar-refractivity contribution is 0.278.